The Kier molecular flexibility index (Phi) is 3.12. The molecule has 1 saturated heterocycles. The largest absolute Gasteiger partial charge is 0.355 e. The highest BCUT2D eigenvalue weighted by Gasteiger charge is 2.13. The fraction of sp³-hybridized carbons (Fsp3) is 1.00. The summed E-state index contributed by atoms with van der Waals surface area (Å²) in [7, 11) is 4.11. The summed E-state index contributed by atoms with van der Waals surface area (Å²) < 4.78 is 10.4. The van der Waals surface area contributed by atoms with Crippen LogP contribution in [0, 0.1) is 0 Å². The van der Waals surface area contributed by atoms with E-state index in [-0.39, 0.29) is 0 Å². The first kappa shape index (κ1) is 7.98. The van der Waals surface area contributed by atoms with E-state index >= 15 is 0 Å². The van der Waals surface area contributed by atoms with Gasteiger partial charge in [0.05, 0.1) is 12.7 Å². The number of ether oxygens (including phenoxy) is 2. The zero-order valence-electron chi connectivity index (χ0n) is 6.67. The maximum Gasteiger partial charge on any atom is 0.147 e. The number of hydrogen-bond donors (Lipinski definition) is 0. The van der Waals surface area contributed by atoms with Gasteiger partial charge in [0.1, 0.15) is 6.79 Å². The lowest BCUT2D eigenvalue weighted by molar-refractivity contribution is -0.142. The molecular formula is C7H15NO2. The second-order valence-corrected chi connectivity index (χ2v) is 2.87. The molecule has 3 nitrogen and oxygen atoms in total. The van der Waals surface area contributed by atoms with Gasteiger partial charge in [-0.3, -0.25) is 0 Å². The summed E-state index contributed by atoms with van der Waals surface area (Å²) in [6.07, 6.45) is 1.40. The fourth-order valence-electron chi connectivity index (χ4n) is 1.05. The van der Waals surface area contributed by atoms with Crippen LogP contribution in [0.3, 0.4) is 0 Å². The van der Waals surface area contributed by atoms with Crippen molar-refractivity contribution in [3.8, 4) is 0 Å². The molecule has 1 aliphatic rings. The summed E-state index contributed by atoms with van der Waals surface area (Å²) in [6, 6.07) is 0. The molecule has 3 heteroatoms. The monoisotopic (exact) mass is 145 g/mol. The van der Waals surface area contributed by atoms with Crippen molar-refractivity contribution in [2.75, 3.05) is 34.0 Å². The van der Waals surface area contributed by atoms with E-state index in [4.69, 9.17) is 9.47 Å². The van der Waals surface area contributed by atoms with Crippen molar-refractivity contribution in [1.82, 2.24) is 4.90 Å². The third-order valence-electron chi connectivity index (χ3n) is 1.54. The first-order chi connectivity index (χ1) is 4.79. The number of rotatable bonds is 2. The number of hydrogen-bond acceptors (Lipinski definition) is 3. The van der Waals surface area contributed by atoms with Gasteiger partial charge in [0.2, 0.25) is 0 Å². The highest BCUT2D eigenvalue weighted by atomic mass is 16.7. The van der Waals surface area contributed by atoms with Gasteiger partial charge in [-0.15, -0.1) is 0 Å². The molecule has 10 heavy (non-hydrogen) atoms. The highest BCUT2D eigenvalue weighted by molar-refractivity contribution is 4.62. The summed E-state index contributed by atoms with van der Waals surface area (Å²) in [5.41, 5.74) is 0. The summed E-state index contributed by atoms with van der Waals surface area (Å²) in [5.74, 6) is 0. The molecule has 1 unspecified atom stereocenters. The zero-order chi connectivity index (χ0) is 7.40. The molecule has 0 amide bonds. The Hall–Kier alpha value is -0.120. The lowest BCUT2D eigenvalue weighted by Gasteiger charge is -2.25. The smallest absolute Gasteiger partial charge is 0.147 e. The average Bonchev–Trinajstić information content (AvgIpc) is 1.88. The molecule has 1 fully saturated rings. The normalized spacial score (nSPS) is 27.3. The van der Waals surface area contributed by atoms with Gasteiger partial charge in [0, 0.05) is 6.54 Å². The second-order valence-electron chi connectivity index (χ2n) is 2.87. The SMILES string of the molecule is CN(C)CC1CCOCO1. The van der Waals surface area contributed by atoms with Crippen LogP contribution in [0.4, 0.5) is 0 Å². The van der Waals surface area contributed by atoms with Crippen LogP contribution in [0.2, 0.25) is 0 Å². The van der Waals surface area contributed by atoms with Crippen LogP contribution >= 0.6 is 0 Å². The Labute approximate surface area is 61.9 Å². The predicted molar refractivity (Wildman–Crippen MR) is 38.9 cm³/mol. The van der Waals surface area contributed by atoms with E-state index in [2.05, 4.69) is 19.0 Å². The Morgan fingerprint density at radius 1 is 1.50 bits per heavy atom. The summed E-state index contributed by atoms with van der Waals surface area (Å²) >= 11 is 0. The van der Waals surface area contributed by atoms with Crippen molar-refractivity contribution in [3.05, 3.63) is 0 Å². The van der Waals surface area contributed by atoms with Crippen molar-refractivity contribution in [2.45, 2.75) is 12.5 Å². The fourth-order valence-corrected chi connectivity index (χ4v) is 1.05. The molecule has 60 valence electrons. The van der Waals surface area contributed by atoms with Crippen molar-refractivity contribution in [3.63, 3.8) is 0 Å². The van der Waals surface area contributed by atoms with Crippen molar-refractivity contribution in [2.24, 2.45) is 0 Å². The number of likely N-dealkylation sites (N-methyl/N-ethyl adjacent to an activating group) is 1. The quantitative estimate of drug-likeness (QED) is 0.558. The van der Waals surface area contributed by atoms with E-state index in [1.165, 1.54) is 0 Å². The molecule has 1 heterocycles. The van der Waals surface area contributed by atoms with Crippen molar-refractivity contribution in [1.29, 1.82) is 0 Å². The van der Waals surface area contributed by atoms with E-state index in [9.17, 15) is 0 Å². The maximum absolute atomic E-state index is 5.32. The molecule has 0 bridgehead atoms. The molecule has 0 N–H and O–H groups in total. The van der Waals surface area contributed by atoms with Crippen molar-refractivity contribution < 1.29 is 9.47 Å². The molecule has 0 aliphatic carbocycles. The Balaban J connectivity index is 2.13. The first-order valence-corrected chi connectivity index (χ1v) is 3.63. The van der Waals surface area contributed by atoms with Crippen LogP contribution in [0.5, 0.6) is 0 Å². The molecule has 0 aromatic heterocycles. The molecule has 0 aromatic carbocycles. The minimum Gasteiger partial charge on any atom is -0.355 e. The predicted octanol–water partition coefficient (Wildman–Crippen LogP) is 0.311. The van der Waals surface area contributed by atoms with Gasteiger partial charge in [0.25, 0.3) is 0 Å². The standard InChI is InChI=1S/C7H15NO2/c1-8(2)5-7-3-4-9-6-10-7/h7H,3-6H2,1-2H3. The zero-order valence-corrected chi connectivity index (χ0v) is 6.67. The summed E-state index contributed by atoms with van der Waals surface area (Å²) in [4.78, 5) is 2.13. The van der Waals surface area contributed by atoms with Crippen molar-refractivity contribution >= 4 is 0 Å². The minimum absolute atomic E-state index is 0.378. The Morgan fingerprint density at radius 2 is 2.30 bits per heavy atom. The van der Waals surface area contributed by atoms with Crippen LogP contribution < -0.4 is 0 Å². The van der Waals surface area contributed by atoms with E-state index in [0.29, 0.717) is 12.9 Å². The molecule has 0 spiro atoms. The summed E-state index contributed by atoms with van der Waals surface area (Å²) in [6.45, 7) is 2.32. The molecule has 1 rings (SSSR count). The Morgan fingerprint density at radius 3 is 2.80 bits per heavy atom. The van der Waals surface area contributed by atoms with Crippen LogP contribution in [0.15, 0.2) is 0 Å². The lowest BCUT2D eigenvalue weighted by Crippen LogP contribution is -2.33. The molecular weight excluding hydrogens is 130 g/mol. The van der Waals surface area contributed by atoms with Crippen LogP contribution in [-0.4, -0.2) is 45.0 Å². The van der Waals surface area contributed by atoms with E-state index < -0.39 is 0 Å². The second kappa shape index (κ2) is 3.91. The minimum atomic E-state index is 0.378. The highest BCUT2D eigenvalue weighted by Crippen LogP contribution is 2.05. The molecule has 0 saturated carbocycles. The molecule has 0 aromatic rings. The van der Waals surface area contributed by atoms with Gasteiger partial charge in [-0.1, -0.05) is 0 Å². The van der Waals surface area contributed by atoms with E-state index in [1.807, 2.05) is 0 Å². The molecule has 0 radical (unpaired) electrons. The van der Waals surface area contributed by atoms with Gasteiger partial charge in [-0.2, -0.15) is 0 Å². The topological polar surface area (TPSA) is 21.7 Å². The third-order valence-corrected chi connectivity index (χ3v) is 1.54. The van der Waals surface area contributed by atoms with Gasteiger partial charge in [-0.05, 0) is 20.5 Å². The third kappa shape index (κ3) is 2.64. The van der Waals surface area contributed by atoms with Gasteiger partial charge in [0.15, 0.2) is 0 Å². The van der Waals surface area contributed by atoms with E-state index in [1.54, 1.807) is 0 Å². The first-order valence-electron chi connectivity index (χ1n) is 3.63. The van der Waals surface area contributed by atoms with E-state index in [0.717, 1.165) is 19.6 Å². The lowest BCUT2D eigenvalue weighted by atomic mass is 10.2. The Bertz CT molecular complexity index is 89.6. The molecule has 1 aliphatic heterocycles. The van der Waals surface area contributed by atoms with Gasteiger partial charge >= 0.3 is 0 Å². The van der Waals surface area contributed by atoms with Crippen LogP contribution in [0.25, 0.3) is 0 Å². The molecule has 1 atom stereocenters. The average molecular weight is 145 g/mol. The summed E-state index contributed by atoms with van der Waals surface area (Å²) in [5, 5.41) is 0. The van der Waals surface area contributed by atoms with Gasteiger partial charge < -0.3 is 14.4 Å². The van der Waals surface area contributed by atoms with Crippen LogP contribution in [0.1, 0.15) is 6.42 Å². The van der Waals surface area contributed by atoms with Gasteiger partial charge in [-0.25, -0.2) is 0 Å². The number of nitrogens with zero attached hydrogens (tertiary/aromatic N) is 1. The van der Waals surface area contributed by atoms with Crippen LogP contribution in [-0.2, 0) is 9.47 Å². The maximum atomic E-state index is 5.32.